The van der Waals surface area contributed by atoms with Crippen LogP contribution in [-0.2, 0) is 22.6 Å². The van der Waals surface area contributed by atoms with Crippen molar-refractivity contribution in [1.82, 2.24) is 10.2 Å². The summed E-state index contributed by atoms with van der Waals surface area (Å²) in [6.07, 6.45) is 0.848. The van der Waals surface area contributed by atoms with E-state index >= 15 is 0 Å². The van der Waals surface area contributed by atoms with E-state index in [-0.39, 0.29) is 23.8 Å². The first-order chi connectivity index (χ1) is 13.2. The minimum Gasteiger partial charge on any atom is -0.350 e. The Hall–Kier alpha value is -2.62. The lowest BCUT2D eigenvalue weighted by molar-refractivity contribution is -0.141. The van der Waals surface area contributed by atoms with Gasteiger partial charge >= 0.3 is 0 Å². The zero-order valence-electron chi connectivity index (χ0n) is 17.7. The highest BCUT2D eigenvalue weighted by atomic mass is 16.2. The van der Waals surface area contributed by atoms with Crippen molar-refractivity contribution in [3.8, 4) is 0 Å². The van der Waals surface area contributed by atoms with E-state index in [0.29, 0.717) is 13.0 Å². The van der Waals surface area contributed by atoms with Gasteiger partial charge in [0.15, 0.2) is 0 Å². The van der Waals surface area contributed by atoms with Crippen molar-refractivity contribution in [2.45, 2.75) is 65.6 Å². The summed E-state index contributed by atoms with van der Waals surface area (Å²) in [5.74, 6) is -0.146. The van der Waals surface area contributed by atoms with Crippen LogP contribution < -0.4 is 5.32 Å². The van der Waals surface area contributed by atoms with E-state index in [1.54, 1.807) is 4.90 Å². The Morgan fingerprint density at radius 3 is 2.11 bits per heavy atom. The summed E-state index contributed by atoms with van der Waals surface area (Å²) in [6.45, 7) is 10.2. The zero-order chi connectivity index (χ0) is 20.7. The maximum absolute atomic E-state index is 13.2. The predicted octanol–water partition coefficient (Wildman–Crippen LogP) is 4.26. The van der Waals surface area contributed by atoms with Gasteiger partial charge in [0.05, 0.1) is 6.42 Å². The number of carbonyl (C=O) groups excluding carboxylic acids is 2. The number of aryl methyl sites for hydroxylation is 1. The highest BCUT2D eigenvalue weighted by molar-refractivity contribution is 5.88. The van der Waals surface area contributed by atoms with Gasteiger partial charge in [0, 0.05) is 12.1 Å². The lowest BCUT2D eigenvalue weighted by Crippen LogP contribution is -2.53. The van der Waals surface area contributed by atoms with Gasteiger partial charge in [-0.25, -0.2) is 0 Å². The first-order valence-electron chi connectivity index (χ1n) is 9.90. The number of nitrogens with zero attached hydrogens (tertiary/aromatic N) is 1. The molecule has 0 saturated carbocycles. The third kappa shape index (κ3) is 6.52. The summed E-state index contributed by atoms with van der Waals surface area (Å²) in [4.78, 5) is 27.9. The predicted molar refractivity (Wildman–Crippen MR) is 114 cm³/mol. The summed E-state index contributed by atoms with van der Waals surface area (Å²) in [5, 5.41) is 3.03. The highest BCUT2D eigenvalue weighted by Crippen LogP contribution is 2.16. The first-order valence-corrected chi connectivity index (χ1v) is 9.90. The van der Waals surface area contributed by atoms with Crippen LogP contribution in [0.25, 0.3) is 0 Å². The molecule has 2 aromatic carbocycles. The van der Waals surface area contributed by atoms with Crippen LogP contribution in [0, 0.1) is 6.92 Å². The molecule has 0 bridgehead atoms. The normalized spacial score (nSPS) is 12.3. The minimum atomic E-state index is -0.502. The Morgan fingerprint density at radius 2 is 1.57 bits per heavy atom. The van der Waals surface area contributed by atoms with Gasteiger partial charge in [0.1, 0.15) is 6.04 Å². The van der Waals surface area contributed by atoms with Crippen molar-refractivity contribution in [3.05, 3.63) is 71.3 Å². The van der Waals surface area contributed by atoms with Crippen LogP contribution in [0.15, 0.2) is 54.6 Å². The quantitative estimate of drug-likeness (QED) is 0.780. The molecule has 0 heterocycles. The molecule has 0 aliphatic heterocycles. The van der Waals surface area contributed by atoms with Gasteiger partial charge in [0.25, 0.3) is 0 Å². The SMILES string of the molecule is CC[C@H](C(=O)NC(C)(C)C)N(Cc1ccccc1)C(=O)Cc1ccc(C)cc1. The minimum absolute atomic E-state index is 0.0383. The molecule has 0 saturated heterocycles. The first kappa shape index (κ1) is 21.7. The third-order valence-electron chi connectivity index (χ3n) is 4.56. The van der Waals surface area contributed by atoms with E-state index < -0.39 is 6.04 Å². The van der Waals surface area contributed by atoms with Gasteiger partial charge in [-0.1, -0.05) is 67.1 Å². The summed E-state index contributed by atoms with van der Waals surface area (Å²) in [7, 11) is 0. The molecule has 2 aromatic rings. The van der Waals surface area contributed by atoms with Gasteiger partial charge in [-0.15, -0.1) is 0 Å². The average molecular weight is 381 g/mol. The topological polar surface area (TPSA) is 49.4 Å². The number of hydrogen-bond donors (Lipinski definition) is 1. The summed E-state index contributed by atoms with van der Waals surface area (Å²) in [6, 6.07) is 17.3. The molecule has 0 aromatic heterocycles. The zero-order valence-corrected chi connectivity index (χ0v) is 17.7. The number of nitrogens with one attached hydrogen (secondary N) is 1. The van der Waals surface area contributed by atoms with Crippen molar-refractivity contribution in [2.24, 2.45) is 0 Å². The fourth-order valence-corrected chi connectivity index (χ4v) is 3.13. The second-order valence-electron chi connectivity index (χ2n) is 8.33. The van der Waals surface area contributed by atoms with E-state index in [4.69, 9.17) is 0 Å². The van der Waals surface area contributed by atoms with Crippen LogP contribution in [0.2, 0.25) is 0 Å². The van der Waals surface area contributed by atoms with Gasteiger partial charge in [0.2, 0.25) is 11.8 Å². The number of rotatable bonds is 7. The Balaban J connectivity index is 2.27. The fourth-order valence-electron chi connectivity index (χ4n) is 3.13. The summed E-state index contributed by atoms with van der Waals surface area (Å²) in [5.41, 5.74) is 2.79. The van der Waals surface area contributed by atoms with Crippen LogP contribution in [0.5, 0.6) is 0 Å². The molecule has 0 spiro atoms. The number of benzene rings is 2. The van der Waals surface area contributed by atoms with E-state index in [1.807, 2.05) is 89.2 Å². The molecule has 150 valence electrons. The lowest BCUT2D eigenvalue weighted by atomic mass is 10.0. The number of carbonyl (C=O) groups is 2. The van der Waals surface area contributed by atoms with Gasteiger partial charge in [-0.2, -0.15) is 0 Å². The fraction of sp³-hybridized carbons (Fsp3) is 0.417. The van der Waals surface area contributed by atoms with Gasteiger partial charge in [-0.3, -0.25) is 9.59 Å². The molecule has 0 radical (unpaired) electrons. The second kappa shape index (κ2) is 9.54. The lowest BCUT2D eigenvalue weighted by Gasteiger charge is -2.33. The van der Waals surface area contributed by atoms with Crippen molar-refractivity contribution >= 4 is 11.8 Å². The molecular formula is C24H32N2O2. The molecule has 2 amide bonds. The Kier molecular flexibility index (Phi) is 7.38. The van der Waals surface area contributed by atoms with Crippen LogP contribution in [0.4, 0.5) is 0 Å². The van der Waals surface area contributed by atoms with E-state index in [0.717, 1.165) is 16.7 Å². The summed E-state index contributed by atoms with van der Waals surface area (Å²) < 4.78 is 0. The van der Waals surface area contributed by atoms with Crippen LogP contribution >= 0.6 is 0 Å². The second-order valence-corrected chi connectivity index (χ2v) is 8.33. The van der Waals surface area contributed by atoms with Gasteiger partial charge in [-0.05, 0) is 45.2 Å². The van der Waals surface area contributed by atoms with Crippen molar-refractivity contribution < 1.29 is 9.59 Å². The summed E-state index contributed by atoms with van der Waals surface area (Å²) >= 11 is 0. The largest absolute Gasteiger partial charge is 0.350 e. The number of amides is 2. The Morgan fingerprint density at radius 1 is 0.964 bits per heavy atom. The molecule has 1 N–H and O–H groups in total. The molecule has 0 aliphatic rings. The Bertz CT molecular complexity index is 777. The molecule has 0 fully saturated rings. The van der Waals surface area contributed by atoms with Crippen molar-refractivity contribution in [2.75, 3.05) is 0 Å². The molecule has 1 atom stereocenters. The molecule has 4 heteroatoms. The van der Waals surface area contributed by atoms with E-state index in [1.165, 1.54) is 0 Å². The molecule has 0 aliphatic carbocycles. The van der Waals surface area contributed by atoms with Crippen LogP contribution in [-0.4, -0.2) is 28.3 Å². The molecule has 2 rings (SSSR count). The Labute approximate surface area is 169 Å². The van der Waals surface area contributed by atoms with E-state index in [9.17, 15) is 9.59 Å². The molecule has 28 heavy (non-hydrogen) atoms. The molecule has 4 nitrogen and oxygen atoms in total. The van der Waals surface area contributed by atoms with Crippen LogP contribution in [0.3, 0.4) is 0 Å². The van der Waals surface area contributed by atoms with Crippen molar-refractivity contribution in [3.63, 3.8) is 0 Å². The van der Waals surface area contributed by atoms with Gasteiger partial charge < -0.3 is 10.2 Å². The maximum Gasteiger partial charge on any atom is 0.243 e. The monoisotopic (exact) mass is 380 g/mol. The average Bonchev–Trinajstić information content (AvgIpc) is 2.63. The smallest absolute Gasteiger partial charge is 0.243 e. The van der Waals surface area contributed by atoms with Crippen molar-refractivity contribution in [1.29, 1.82) is 0 Å². The molecule has 0 unspecified atom stereocenters. The standard InChI is InChI=1S/C24H32N2O2/c1-6-21(23(28)25-24(3,4)5)26(17-20-10-8-7-9-11-20)22(27)16-19-14-12-18(2)13-15-19/h7-15,21H,6,16-17H2,1-5H3,(H,25,28)/t21-/m1/s1. The third-order valence-corrected chi connectivity index (χ3v) is 4.56. The highest BCUT2D eigenvalue weighted by Gasteiger charge is 2.30. The number of hydrogen-bond acceptors (Lipinski definition) is 2. The maximum atomic E-state index is 13.2. The molecular weight excluding hydrogens is 348 g/mol. The van der Waals surface area contributed by atoms with E-state index in [2.05, 4.69) is 5.32 Å². The van der Waals surface area contributed by atoms with Crippen LogP contribution in [0.1, 0.15) is 50.8 Å².